The fourth-order valence-corrected chi connectivity index (χ4v) is 3.01. The third-order valence-electron chi connectivity index (χ3n) is 2.46. The van der Waals surface area contributed by atoms with E-state index in [0.717, 1.165) is 5.30 Å². The van der Waals surface area contributed by atoms with E-state index in [-0.39, 0.29) is 6.10 Å². The molecule has 0 spiro atoms. The van der Waals surface area contributed by atoms with Crippen molar-refractivity contribution in [1.29, 1.82) is 0 Å². The predicted octanol–water partition coefficient (Wildman–Crippen LogP) is 4.27. The molecule has 0 bridgehead atoms. The van der Waals surface area contributed by atoms with Crippen LogP contribution in [0.2, 0.25) is 0 Å². The van der Waals surface area contributed by atoms with Crippen LogP contribution in [0.3, 0.4) is 0 Å². The van der Waals surface area contributed by atoms with Gasteiger partial charge < -0.3 is 9.05 Å². The summed E-state index contributed by atoms with van der Waals surface area (Å²) in [7, 11) is -1.02. The van der Waals surface area contributed by atoms with Crippen molar-refractivity contribution < 1.29 is 9.05 Å². The second-order valence-electron chi connectivity index (χ2n) is 4.51. The largest absolute Gasteiger partial charge is 0.328 e. The molecule has 0 radical (unpaired) electrons. The first-order chi connectivity index (χ1) is 9.25. The SMILES string of the molecule is CC(C)OP(OCc1ccccc1)c1ccccc1. The van der Waals surface area contributed by atoms with Crippen LogP contribution in [0.15, 0.2) is 60.7 Å². The van der Waals surface area contributed by atoms with E-state index in [0.29, 0.717) is 6.61 Å². The van der Waals surface area contributed by atoms with Crippen molar-refractivity contribution in [3.8, 4) is 0 Å². The number of rotatable bonds is 6. The molecule has 0 aliphatic rings. The van der Waals surface area contributed by atoms with Gasteiger partial charge in [0.2, 0.25) is 8.38 Å². The van der Waals surface area contributed by atoms with Crippen LogP contribution in [0.1, 0.15) is 19.4 Å². The zero-order valence-corrected chi connectivity index (χ0v) is 12.2. The van der Waals surface area contributed by atoms with Crippen molar-refractivity contribution in [2.24, 2.45) is 0 Å². The Bertz CT molecular complexity index is 471. The molecule has 2 aromatic carbocycles. The van der Waals surface area contributed by atoms with E-state index in [2.05, 4.69) is 24.3 Å². The van der Waals surface area contributed by atoms with Crippen LogP contribution in [0.25, 0.3) is 0 Å². The summed E-state index contributed by atoms with van der Waals surface area (Å²) in [6.45, 7) is 4.64. The Morgan fingerprint density at radius 2 is 1.47 bits per heavy atom. The summed E-state index contributed by atoms with van der Waals surface area (Å²) in [5, 5.41) is 1.11. The van der Waals surface area contributed by atoms with Crippen LogP contribution in [0.4, 0.5) is 0 Å². The Kier molecular flexibility index (Phi) is 5.53. The molecule has 2 aromatic rings. The average Bonchev–Trinajstić information content (AvgIpc) is 2.45. The van der Waals surface area contributed by atoms with Crippen molar-refractivity contribution in [3.63, 3.8) is 0 Å². The summed E-state index contributed by atoms with van der Waals surface area (Å²) >= 11 is 0. The molecular weight excluding hydrogens is 255 g/mol. The molecule has 0 fully saturated rings. The summed E-state index contributed by atoms with van der Waals surface area (Å²) in [5.74, 6) is 0. The molecule has 0 saturated heterocycles. The third kappa shape index (κ3) is 4.76. The van der Waals surface area contributed by atoms with Crippen LogP contribution < -0.4 is 5.30 Å². The van der Waals surface area contributed by atoms with Crippen molar-refractivity contribution >= 4 is 13.7 Å². The highest BCUT2D eigenvalue weighted by Gasteiger charge is 2.15. The molecule has 19 heavy (non-hydrogen) atoms. The molecule has 2 nitrogen and oxygen atoms in total. The van der Waals surface area contributed by atoms with E-state index in [1.807, 2.05) is 50.2 Å². The molecule has 1 unspecified atom stereocenters. The van der Waals surface area contributed by atoms with E-state index >= 15 is 0 Å². The van der Waals surface area contributed by atoms with Gasteiger partial charge in [0.15, 0.2) is 0 Å². The standard InChI is InChI=1S/C16H19O2P/c1-14(2)18-19(16-11-7-4-8-12-16)17-13-15-9-5-3-6-10-15/h3-12,14H,13H2,1-2H3. The molecule has 3 heteroatoms. The first kappa shape index (κ1) is 14.2. The van der Waals surface area contributed by atoms with Gasteiger partial charge >= 0.3 is 0 Å². The molecular formula is C16H19O2P. The van der Waals surface area contributed by atoms with E-state index in [9.17, 15) is 0 Å². The van der Waals surface area contributed by atoms with Gasteiger partial charge in [-0.05, 0) is 31.5 Å². The van der Waals surface area contributed by atoms with Crippen LogP contribution >= 0.6 is 8.38 Å². The summed E-state index contributed by atoms with van der Waals surface area (Å²) in [6.07, 6.45) is 0.155. The molecule has 0 aliphatic carbocycles. The number of hydrogen-bond donors (Lipinski definition) is 0. The van der Waals surface area contributed by atoms with Gasteiger partial charge in [-0.1, -0.05) is 48.5 Å². The lowest BCUT2D eigenvalue weighted by Crippen LogP contribution is -2.09. The Morgan fingerprint density at radius 1 is 0.895 bits per heavy atom. The molecule has 0 N–H and O–H groups in total. The maximum absolute atomic E-state index is 5.97. The van der Waals surface area contributed by atoms with E-state index in [1.165, 1.54) is 5.56 Å². The van der Waals surface area contributed by atoms with Crippen molar-refractivity contribution in [3.05, 3.63) is 66.2 Å². The smallest absolute Gasteiger partial charge is 0.205 e. The second-order valence-corrected chi connectivity index (χ2v) is 6.01. The first-order valence-electron chi connectivity index (χ1n) is 6.44. The normalized spacial score (nSPS) is 12.6. The quantitative estimate of drug-likeness (QED) is 0.732. The predicted molar refractivity (Wildman–Crippen MR) is 80.4 cm³/mol. The molecule has 2 rings (SSSR count). The van der Waals surface area contributed by atoms with Crippen molar-refractivity contribution in [2.75, 3.05) is 0 Å². The fourth-order valence-electron chi connectivity index (χ4n) is 1.61. The van der Waals surface area contributed by atoms with E-state index in [1.54, 1.807) is 0 Å². The summed E-state index contributed by atoms with van der Waals surface area (Å²) in [6, 6.07) is 20.3. The lowest BCUT2D eigenvalue weighted by molar-refractivity contribution is 0.207. The molecule has 0 heterocycles. The van der Waals surface area contributed by atoms with Gasteiger partial charge in [0, 0.05) is 5.30 Å². The van der Waals surface area contributed by atoms with Crippen molar-refractivity contribution in [1.82, 2.24) is 0 Å². The first-order valence-corrected chi connectivity index (χ1v) is 7.62. The van der Waals surface area contributed by atoms with Gasteiger partial charge in [-0.15, -0.1) is 0 Å². The summed E-state index contributed by atoms with van der Waals surface area (Å²) < 4.78 is 11.9. The lowest BCUT2D eigenvalue weighted by atomic mass is 10.2. The van der Waals surface area contributed by atoms with Gasteiger partial charge in [0.05, 0.1) is 12.7 Å². The Hall–Kier alpha value is -1.21. The zero-order chi connectivity index (χ0) is 13.5. The second kappa shape index (κ2) is 7.40. The lowest BCUT2D eigenvalue weighted by Gasteiger charge is -2.20. The molecule has 100 valence electrons. The highest BCUT2D eigenvalue weighted by atomic mass is 31.2. The molecule has 0 amide bonds. The minimum Gasteiger partial charge on any atom is -0.328 e. The number of benzene rings is 2. The Labute approximate surface area is 116 Å². The van der Waals surface area contributed by atoms with Gasteiger partial charge in [-0.25, -0.2) is 0 Å². The van der Waals surface area contributed by atoms with Gasteiger partial charge in [-0.2, -0.15) is 0 Å². The summed E-state index contributed by atoms with van der Waals surface area (Å²) in [4.78, 5) is 0. The monoisotopic (exact) mass is 274 g/mol. The van der Waals surface area contributed by atoms with Crippen LogP contribution in [-0.4, -0.2) is 6.10 Å². The topological polar surface area (TPSA) is 18.5 Å². The Morgan fingerprint density at radius 3 is 2.05 bits per heavy atom. The Balaban J connectivity index is 2.02. The minimum absolute atomic E-state index is 0.155. The molecule has 0 saturated carbocycles. The van der Waals surface area contributed by atoms with Gasteiger partial charge in [-0.3, -0.25) is 0 Å². The van der Waals surface area contributed by atoms with Crippen LogP contribution in [0.5, 0.6) is 0 Å². The van der Waals surface area contributed by atoms with Crippen LogP contribution in [0, 0.1) is 0 Å². The fraction of sp³-hybridized carbons (Fsp3) is 0.250. The molecule has 1 atom stereocenters. The van der Waals surface area contributed by atoms with E-state index < -0.39 is 8.38 Å². The summed E-state index contributed by atoms with van der Waals surface area (Å²) in [5.41, 5.74) is 1.17. The third-order valence-corrected chi connectivity index (χ3v) is 4.16. The van der Waals surface area contributed by atoms with E-state index in [4.69, 9.17) is 9.05 Å². The average molecular weight is 274 g/mol. The number of hydrogen-bond acceptors (Lipinski definition) is 2. The molecule has 0 aliphatic heterocycles. The maximum atomic E-state index is 5.97. The zero-order valence-electron chi connectivity index (χ0n) is 11.3. The maximum Gasteiger partial charge on any atom is 0.205 e. The van der Waals surface area contributed by atoms with Crippen molar-refractivity contribution in [2.45, 2.75) is 26.6 Å². The van der Waals surface area contributed by atoms with Gasteiger partial charge in [0.25, 0.3) is 0 Å². The minimum atomic E-state index is -1.02. The highest BCUT2D eigenvalue weighted by molar-refractivity contribution is 7.56. The highest BCUT2D eigenvalue weighted by Crippen LogP contribution is 2.39. The molecule has 0 aromatic heterocycles. The van der Waals surface area contributed by atoms with Gasteiger partial charge in [0.1, 0.15) is 0 Å². The van der Waals surface area contributed by atoms with Crippen LogP contribution in [-0.2, 0) is 15.7 Å².